The van der Waals surface area contributed by atoms with E-state index < -0.39 is 0 Å². The quantitative estimate of drug-likeness (QED) is 0.395. The number of hydrogen-bond acceptors (Lipinski definition) is 4. The number of benzene rings is 2. The van der Waals surface area contributed by atoms with Crippen molar-refractivity contribution in [3.63, 3.8) is 0 Å². The predicted octanol–water partition coefficient (Wildman–Crippen LogP) is 3.92. The molecule has 0 spiro atoms. The summed E-state index contributed by atoms with van der Waals surface area (Å²) in [5, 5.41) is 4.84. The largest absolute Gasteiger partial charge is 0.356 e. The van der Waals surface area contributed by atoms with Crippen LogP contribution in [0, 0.1) is 0 Å². The van der Waals surface area contributed by atoms with Crippen LogP contribution >= 0.6 is 35.0 Å². The number of nitrogens with one attached hydrogen (secondary N) is 1. The van der Waals surface area contributed by atoms with E-state index in [1.807, 2.05) is 0 Å². The SMILES string of the molecule is CC(=O)NCCSc1nc2cc(Cl)ccc2c(=O)n1-c1ccc(Cl)cc1. The molecule has 0 unspecified atom stereocenters. The molecule has 0 fully saturated rings. The Morgan fingerprint density at radius 3 is 2.54 bits per heavy atom. The lowest BCUT2D eigenvalue weighted by Gasteiger charge is -2.13. The maximum atomic E-state index is 13.1. The Kier molecular flexibility index (Phi) is 5.86. The average molecular weight is 408 g/mol. The fraction of sp³-hybridized carbons (Fsp3) is 0.167. The van der Waals surface area contributed by atoms with Crippen molar-refractivity contribution in [2.24, 2.45) is 0 Å². The van der Waals surface area contributed by atoms with Crippen molar-refractivity contribution in [3.8, 4) is 5.69 Å². The van der Waals surface area contributed by atoms with Crippen molar-refractivity contribution in [1.29, 1.82) is 0 Å². The summed E-state index contributed by atoms with van der Waals surface area (Å²) in [6.45, 7) is 1.94. The van der Waals surface area contributed by atoms with E-state index in [1.165, 1.54) is 18.7 Å². The molecule has 0 atom stereocenters. The molecule has 1 N–H and O–H groups in total. The lowest BCUT2D eigenvalue weighted by molar-refractivity contribution is -0.118. The molecule has 0 aliphatic carbocycles. The van der Waals surface area contributed by atoms with E-state index in [4.69, 9.17) is 23.2 Å². The summed E-state index contributed by atoms with van der Waals surface area (Å²) in [6.07, 6.45) is 0. The van der Waals surface area contributed by atoms with Gasteiger partial charge in [0.05, 0.1) is 16.6 Å². The van der Waals surface area contributed by atoms with Crippen molar-refractivity contribution >= 4 is 51.8 Å². The number of carbonyl (C=O) groups is 1. The van der Waals surface area contributed by atoms with E-state index >= 15 is 0 Å². The maximum Gasteiger partial charge on any atom is 0.266 e. The summed E-state index contributed by atoms with van der Waals surface area (Å²) < 4.78 is 1.55. The van der Waals surface area contributed by atoms with Gasteiger partial charge in [-0.15, -0.1) is 0 Å². The number of carbonyl (C=O) groups excluding carboxylic acids is 1. The van der Waals surface area contributed by atoms with E-state index in [1.54, 1.807) is 47.0 Å². The van der Waals surface area contributed by atoms with Gasteiger partial charge in [-0.1, -0.05) is 35.0 Å². The highest BCUT2D eigenvalue weighted by Crippen LogP contribution is 2.23. The number of thioether (sulfide) groups is 1. The van der Waals surface area contributed by atoms with Gasteiger partial charge >= 0.3 is 0 Å². The van der Waals surface area contributed by atoms with Gasteiger partial charge in [0.25, 0.3) is 5.56 Å². The molecule has 26 heavy (non-hydrogen) atoms. The van der Waals surface area contributed by atoms with Crippen molar-refractivity contribution in [3.05, 3.63) is 62.9 Å². The third kappa shape index (κ3) is 4.20. The first kappa shape index (κ1) is 18.8. The van der Waals surface area contributed by atoms with Crippen LogP contribution in [-0.4, -0.2) is 27.8 Å². The minimum atomic E-state index is -0.184. The van der Waals surface area contributed by atoms with Gasteiger partial charge in [0.1, 0.15) is 0 Å². The van der Waals surface area contributed by atoms with Crippen LogP contribution in [0.5, 0.6) is 0 Å². The van der Waals surface area contributed by atoms with Crippen molar-refractivity contribution < 1.29 is 4.79 Å². The van der Waals surface area contributed by atoms with Gasteiger partial charge in [-0.05, 0) is 42.5 Å². The molecule has 2 aromatic carbocycles. The maximum absolute atomic E-state index is 13.1. The molecular formula is C18H15Cl2N3O2S. The Balaban J connectivity index is 2.09. The van der Waals surface area contributed by atoms with Gasteiger partial charge in [-0.25, -0.2) is 4.98 Å². The molecule has 0 aliphatic rings. The molecule has 5 nitrogen and oxygen atoms in total. The summed E-state index contributed by atoms with van der Waals surface area (Å²) in [4.78, 5) is 28.7. The summed E-state index contributed by atoms with van der Waals surface area (Å²) in [5.41, 5.74) is 1.02. The Morgan fingerprint density at radius 2 is 1.85 bits per heavy atom. The average Bonchev–Trinajstić information content (AvgIpc) is 2.59. The summed E-state index contributed by atoms with van der Waals surface area (Å²) >= 11 is 13.4. The third-order valence-electron chi connectivity index (χ3n) is 3.59. The van der Waals surface area contributed by atoms with Crippen LogP contribution in [-0.2, 0) is 4.79 Å². The first-order valence-corrected chi connectivity index (χ1v) is 9.55. The van der Waals surface area contributed by atoms with Crippen LogP contribution in [0.3, 0.4) is 0 Å². The molecule has 1 aromatic heterocycles. The highest BCUT2D eigenvalue weighted by molar-refractivity contribution is 7.99. The molecular weight excluding hydrogens is 393 g/mol. The van der Waals surface area contributed by atoms with Gasteiger partial charge in [-0.2, -0.15) is 0 Å². The van der Waals surface area contributed by atoms with Crippen molar-refractivity contribution in [1.82, 2.24) is 14.9 Å². The normalized spacial score (nSPS) is 10.9. The molecule has 134 valence electrons. The van der Waals surface area contributed by atoms with Crippen molar-refractivity contribution in [2.75, 3.05) is 12.3 Å². The van der Waals surface area contributed by atoms with E-state index in [-0.39, 0.29) is 11.5 Å². The molecule has 1 amide bonds. The zero-order valence-electron chi connectivity index (χ0n) is 13.8. The Bertz CT molecular complexity index is 1020. The zero-order valence-corrected chi connectivity index (χ0v) is 16.2. The van der Waals surface area contributed by atoms with Gasteiger partial charge < -0.3 is 5.32 Å². The lowest BCUT2D eigenvalue weighted by atomic mass is 10.2. The standard InChI is InChI=1S/C18H15Cl2N3O2S/c1-11(24)21-8-9-26-18-22-16-10-13(20)4-7-15(16)17(25)23(18)14-5-2-12(19)3-6-14/h2-7,10H,8-9H2,1H3,(H,21,24). The van der Waals surface area contributed by atoms with Crippen LogP contribution in [0.1, 0.15) is 6.92 Å². The van der Waals surface area contributed by atoms with E-state index in [2.05, 4.69) is 10.3 Å². The second-order valence-electron chi connectivity index (χ2n) is 5.50. The topological polar surface area (TPSA) is 64.0 Å². The molecule has 0 bridgehead atoms. The minimum Gasteiger partial charge on any atom is -0.356 e. The lowest BCUT2D eigenvalue weighted by Crippen LogP contribution is -2.24. The molecule has 1 heterocycles. The summed E-state index contributed by atoms with van der Waals surface area (Å²) in [7, 11) is 0. The molecule has 3 aromatic rings. The molecule has 3 rings (SSSR count). The van der Waals surface area contributed by atoms with Crippen LogP contribution in [0.4, 0.5) is 0 Å². The number of halogens is 2. The van der Waals surface area contributed by atoms with Crippen molar-refractivity contribution in [2.45, 2.75) is 12.1 Å². The van der Waals surface area contributed by atoms with Crippen LogP contribution < -0.4 is 10.9 Å². The van der Waals surface area contributed by atoms with Gasteiger partial charge in [0.2, 0.25) is 5.91 Å². The molecule has 0 radical (unpaired) electrons. The number of hydrogen-bond donors (Lipinski definition) is 1. The van der Waals surface area contributed by atoms with Gasteiger partial charge in [0.15, 0.2) is 5.16 Å². The number of rotatable bonds is 5. The minimum absolute atomic E-state index is 0.0982. The molecule has 0 aliphatic heterocycles. The second-order valence-corrected chi connectivity index (χ2v) is 7.44. The number of amides is 1. The zero-order chi connectivity index (χ0) is 18.7. The second kappa shape index (κ2) is 8.12. The van der Waals surface area contributed by atoms with E-state index in [9.17, 15) is 9.59 Å². The smallest absolute Gasteiger partial charge is 0.266 e. The number of fused-ring (bicyclic) bond motifs is 1. The number of nitrogens with zero attached hydrogens (tertiary/aromatic N) is 2. The molecule has 0 saturated heterocycles. The van der Waals surface area contributed by atoms with E-state index in [0.29, 0.717) is 44.1 Å². The fourth-order valence-electron chi connectivity index (χ4n) is 2.42. The van der Waals surface area contributed by atoms with Crippen LogP contribution in [0.15, 0.2) is 52.4 Å². The molecule has 8 heteroatoms. The van der Waals surface area contributed by atoms with Crippen LogP contribution in [0.2, 0.25) is 10.0 Å². The third-order valence-corrected chi connectivity index (χ3v) is 5.02. The Hall–Kier alpha value is -2.02. The highest BCUT2D eigenvalue weighted by atomic mass is 35.5. The van der Waals surface area contributed by atoms with Gasteiger partial charge in [-0.3, -0.25) is 14.2 Å². The Morgan fingerprint density at radius 1 is 1.15 bits per heavy atom. The predicted molar refractivity (Wildman–Crippen MR) is 107 cm³/mol. The first-order valence-electron chi connectivity index (χ1n) is 7.81. The first-order chi connectivity index (χ1) is 12.5. The van der Waals surface area contributed by atoms with E-state index in [0.717, 1.165) is 0 Å². The summed E-state index contributed by atoms with van der Waals surface area (Å²) in [6, 6.07) is 12.0. The monoisotopic (exact) mass is 407 g/mol. The Labute approximate surface area is 164 Å². The molecule has 0 saturated carbocycles. The highest BCUT2D eigenvalue weighted by Gasteiger charge is 2.14. The van der Waals surface area contributed by atoms with Gasteiger partial charge in [0, 0.05) is 29.3 Å². The number of aromatic nitrogens is 2. The fourth-order valence-corrected chi connectivity index (χ4v) is 3.58. The van der Waals surface area contributed by atoms with Crippen LogP contribution in [0.25, 0.3) is 16.6 Å². The summed E-state index contributed by atoms with van der Waals surface area (Å²) in [5.74, 6) is 0.477.